The van der Waals surface area contributed by atoms with Gasteiger partial charge < -0.3 is 21.4 Å². The summed E-state index contributed by atoms with van der Waals surface area (Å²) in [6.07, 6.45) is 0. The Labute approximate surface area is 115 Å². The molecule has 0 saturated heterocycles. The molecule has 5 nitrogen and oxygen atoms in total. The Balaban J connectivity index is 0. The minimum Gasteiger partial charge on any atom is -0.459 e. The first-order valence-electron chi connectivity index (χ1n) is 5.83. The highest BCUT2D eigenvalue weighted by Gasteiger charge is 2.25. The number of hydrogen-bond acceptors (Lipinski definition) is 3. The van der Waals surface area contributed by atoms with E-state index in [1.165, 1.54) is 0 Å². The molecule has 0 amide bonds. The predicted molar refractivity (Wildman–Crippen MR) is 79.5 cm³/mol. The number of ether oxygens (including phenoxy) is 1. The van der Waals surface area contributed by atoms with Crippen LogP contribution < -0.4 is 11.2 Å². The van der Waals surface area contributed by atoms with E-state index in [4.69, 9.17) is 10.5 Å². The molecule has 0 aliphatic rings. The topological polar surface area (TPSA) is 115 Å². The first-order valence-corrected chi connectivity index (χ1v) is 5.83. The molecule has 0 radical (unpaired) electrons. The predicted octanol–water partition coefficient (Wildman–Crippen LogP) is -1.32. The molecule has 0 aliphatic carbocycles. The van der Waals surface area contributed by atoms with Crippen molar-refractivity contribution in [2.75, 3.05) is 6.54 Å². The van der Waals surface area contributed by atoms with Crippen molar-refractivity contribution >= 4 is 19.3 Å². The first-order chi connectivity index (χ1) is 7.83. The van der Waals surface area contributed by atoms with Crippen LogP contribution >= 0.6 is 0 Å². The third-order valence-corrected chi connectivity index (χ3v) is 2.41. The van der Waals surface area contributed by atoms with Gasteiger partial charge in [-0.05, 0) is 26.3 Å². The molecule has 1 rings (SSSR count). The summed E-state index contributed by atoms with van der Waals surface area (Å²) in [5, 5.41) is 0. The molecule has 6 heteroatoms. The van der Waals surface area contributed by atoms with Gasteiger partial charge in [0.1, 0.15) is 13.4 Å². The van der Waals surface area contributed by atoms with Crippen molar-refractivity contribution < 1.29 is 20.5 Å². The zero-order valence-corrected chi connectivity index (χ0v) is 12.0. The van der Waals surface area contributed by atoms with Gasteiger partial charge in [-0.3, -0.25) is 4.79 Å². The van der Waals surface area contributed by atoms with Gasteiger partial charge in [-0.25, -0.2) is 0 Å². The second-order valence-electron chi connectivity index (χ2n) is 5.23. The molecule has 0 aromatic heterocycles. The standard InChI is InChI=1S/C13H20BNO2.2H2O/c1-13(2,3)17-12(16)11(8-15)9-4-6-10(14)7-5-9;;/h4-7,11H,8,14-15H2,1-3H3;2*1H2/t11-;;/m0../s1. The van der Waals surface area contributed by atoms with Gasteiger partial charge in [0.05, 0.1) is 5.92 Å². The molecule has 19 heavy (non-hydrogen) atoms. The molecule has 0 bridgehead atoms. The Morgan fingerprint density at radius 3 is 2.11 bits per heavy atom. The Bertz CT molecular complexity index is 387. The maximum absolute atomic E-state index is 12.0. The average Bonchev–Trinajstić information content (AvgIpc) is 2.19. The van der Waals surface area contributed by atoms with E-state index in [-0.39, 0.29) is 29.4 Å². The van der Waals surface area contributed by atoms with Crippen molar-refractivity contribution in [2.45, 2.75) is 32.3 Å². The van der Waals surface area contributed by atoms with E-state index < -0.39 is 5.60 Å². The van der Waals surface area contributed by atoms with Crippen LogP contribution in [0.2, 0.25) is 0 Å². The van der Waals surface area contributed by atoms with E-state index >= 15 is 0 Å². The van der Waals surface area contributed by atoms with Gasteiger partial charge in [-0.1, -0.05) is 29.7 Å². The Morgan fingerprint density at radius 2 is 1.74 bits per heavy atom. The van der Waals surface area contributed by atoms with E-state index in [2.05, 4.69) is 0 Å². The molecule has 0 unspecified atom stereocenters. The van der Waals surface area contributed by atoms with Gasteiger partial charge in [0.15, 0.2) is 0 Å². The fraction of sp³-hybridized carbons (Fsp3) is 0.462. The van der Waals surface area contributed by atoms with Gasteiger partial charge in [-0.2, -0.15) is 0 Å². The highest BCUT2D eigenvalue weighted by Crippen LogP contribution is 2.19. The molecule has 108 valence electrons. The SMILES string of the molecule is Bc1ccc([C@H](CN)C(=O)OC(C)(C)C)cc1.O.O. The monoisotopic (exact) mass is 269 g/mol. The van der Waals surface area contributed by atoms with Crippen LogP contribution in [0.4, 0.5) is 0 Å². The summed E-state index contributed by atoms with van der Waals surface area (Å²) in [5.41, 5.74) is 7.26. The lowest BCUT2D eigenvalue weighted by Gasteiger charge is -2.23. The Morgan fingerprint density at radius 1 is 1.26 bits per heavy atom. The molecule has 1 atom stereocenters. The van der Waals surface area contributed by atoms with Crippen LogP contribution in [0, 0.1) is 0 Å². The van der Waals surface area contributed by atoms with Crippen LogP contribution in [-0.4, -0.2) is 36.9 Å². The molecule has 1 aromatic carbocycles. The highest BCUT2D eigenvalue weighted by molar-refractivity contribution is 6.32. The van der Waals surface area contributed by atoms with Crippen molar-refractivity contribution in [1.82, 2.24) is 0 Å². The fourth-order valence-corrected chi connectivity index (χ4v) is 1.54. The first kappa shape index (κ1) is 20.0. The van der Waals surface area contributed by atoms with Crippen LogP contribution in [0.3, 0.4) is 0 Å². The lowest BCUT2D eigenvalue weighted by Crippen LogP contribution is -2.31. The summed E-state index contributed by atoms with van der Waals surface area (Å²) in [6, 6.07) is 7.80. The van der Waals surface area contributed by atoms with E-state index in [9.17, 15) is 4.79 Å². The zero-order valence-electron chi connectivity index (χ0n) is 12.0. The average molecular weight is 269 g/mol. The molecular formula is C13H24BNO4. The number of benzene rings is 1. The van der Waals surface area contributed by atoms with Gasteiger partial charge in [0.25, 0.3) is 0 Å². The van der Waals surface area contributed by atoms with Crippen LogP contribution in [0.25, 0.3) is 0 Å². The van der Waals surface area contributed by atoms with Crippen molar-refractivity contribution in [1.29, 1.82) is 0 Å². The largest absolute Gasteiger partial charge is 0.459 e. The maximum atomic E-state index is 12.0. The lowest BCUT2D eigenvalue weighted by atomic mass is 9.91. The summed E-state index contributed by atoms with van der Waals surface area (Å²) < 4.78 is 5.36. The van der Waals surface area contributed by atoms with Gasteiger partial charge in [0.2, 0.25) is 0 Å². The molecular weight excluding hydrogens is 245 g/mol. The maximum Gasteiger partial charge on any atom is 0.315 e. The minimum absolute atomic E-state index is 0. The smallest absolute Gasteiger partial charge is 0.315 e. The van der Waals surface area contributed by atoms with E-state index in [0.717, 1.165) is 11.0 Å². The van der Waals surface area contributed by atoms with Crippen LogP contribution in [-0.2, 0) is 9.53 Å². The number of esters is 1. The molecule has 1 aromatic rings. The van der Waals surface area contributed by atoms with E-state index in [1.54, 1.807) is 0 Å². The third-order valence-electron chi connectivity index (χ3n) is 2.41. The molecule has 0 fully saturated rings. The van der Waals surface area contributed by atoms with Crippen molar-refractivity contribution in [3.63, 3.8) is 0 Å². The normalized spacial score (nSPS) is 11.8. The second kappa shape index (κ2) is 7.94. The summed E-state index contributed by atoms with van der Waals surface area (Å²) in [6.45, 7) is 5.83. The number of carbonyl (C=O) groups is 1. The van der Waals surface area contributed by atoms with E-state index in [1.807, 2.05) is 52.9 Å². The van der Waals surface area contributed by atoms with Gasteiger partial charge >= 0.3 is 5.97 Å². The van der Waals surface area contributed by atoms with Crippen LogP contribution in [0.15, 0.2) is 24.3 Å². The van der Waals surface area contributed by atoms with Crippen molar-refractivity contribution in [2.24, 2.45) is 5.73 Å². The van der Waals surface area contributed by atoms with Gasteiger partial charge in [-0.15, -0.1) is 0 Å². The van der Waals surface area contributed by atoms with E-state index in [0.29, 0.717) is 0 Å². The summed E-state index contributed by atoms with van der Waals surface area (Å²) >= 11 is 0. The molecule has 0 saturated carbocycles. The summed E-state index contributed by atoms with van der Waals surface area (Å²) in [5.74, 6) is -0.640. The quantitative estimate of drug-likeness (QED) is 0.541. The molecule has 6 N–H and O–H groups in total. The third kappa shape index (κ3) is 6.38. The number of rotatable bonds is 3. The van der Waals surface area contributed by atoms with Gasteiger partial charge in [0, 0.05) is 6.54 Å². The summed E-state index contributed by atoms with van der Waals surface area (Å²) in [7, 11) is 2.01. The second-order valence-corrected chi connectivity index (χ2v) is 5.23. The number of hydrogen-bond donors (Lipinski definition) is 1. The zero-order chi connectivity index (χ0) is 13.1. The van der Waals surface area contributed by atoms with Crippen molar-refractivity contribution in [3.05, 3.63) is 29.8 Å². The lowest BCUT2D eigenvalue weighted by molar-refractivity contribution is -0.156. The van der Waals surface area contributed by atoms with Crippen molar-refractivity contribution in [3.8, 4) is 0 Å². The van der Waals surface area contributed by atoms with Crippen LogP contribution in [0.5, 0.6) is 0 Å². The Hall–Kier alpha value is -1.37. The summed E-state index contributed by atoms with van der Waals surface area (Å²) in [4.78, 5) is 12.0. The van der Waals surface area contributed by atoms with Crippen LogP contribution in [0.1, 0.15) is 32.3 Å². The Kier molecular flexibility index (Phi) is 8.34. The fourth-order valence-electron chi connectivity index (χ4n) is 1.54. The molecule has 0 spiro atoms. The minimum atomic E-state index is -0.477. The molecule has 0 aliphatic heterocycles. The number of nitrogens with two attached hydrogens (primary N) is 1. The highest BCUT2D eigenvalue weighted by atomic mass is 16.6. The number of carbonyl (C=O) groups excluding carboxylic acids is 1. The molecule has 0 heterocycles.